The number of nitriles is 1. The molecule has 2 atom stereocenters. The summed E-state index contributed by atoms with van der Waals surface area (Å²) in [4.78, 5) is 32.5. The molecule has 1 aromatic heterocycles. The quantitative estimate of drug-likeness (QED) is 0.593. The molecule has 3 N–H and O–H groups in total. The minimum absolute atomic E-state index is 0.117. The second-order valence-corrected chi connectivity index (χ2v) is 7.09. The highest BCUT2D eigenvalue weighted by Crippen LogP contribution is 2.38. The van der Waals surface area contributed by atoms with Gasteiger partial charge < -0.3 is 15.4 Å². The number of ether oxygens (including phenoxy) is 1. The van der Waals surface area contributed by atoms with Crippen molar-refractivity contribution in [3.8, 4) is 11.8 Å². The van der Waals surface area contributed by atoms with Crippen LogP contribution in [0.1, 0.15) is 17.0 Å². The van der Waals surface area contributed by atoms with Gasteiger partial charge in [0.1, 0.15) is 17.5 Å². The van der Waals surface area contributed by atoms with Crippen molar-refractivity contribution in [3.05, 3.63) is 75.0 Å². The fraction of sp³-hybridized carbons (Fsp3) is 0.143. The Morgan fingerprint density at radius 3 is 2.47 bits per heavy atom. The highest BCUT2D eigenvalue weighted by molar-refractivity contribution is 6.30. The van der Waals surface area contributed by atoms with Gasteiger partial charge >= 0.3 is 0 Å². The lowest BCUT2D eigenvalue weighted by molar-refractivity contribution is -0.119. The zero-order valence-corrected chi connectivity index (χ0v) is 16.5. The highest BCUT2D eigenvalue weighted by atomic mass is 35.5. The van der Waals surface area contributed by atoms with Crippen molar-refractivity contribution >= 4 is 35.0 Å². The van der Waals surface area contributed by atoms with Crippen molar-refractivity contribution in [2.24, 2.45) is 5.92 Å². The summed E-state index contributed by atoms with van der Waals surface area (Å²) in [6.45, 7) is 0. The molecule has 1 amide bonds. The van der Waals surface area contributed by atoms with Crippen molar-refractivity contribution in [2.45, 2.75) is 5.92 Å². The van der Waals surface area contributed by atoms with E-state index >= 15 is 0 Å². The number of carbonyl (C=O) groups is 1. The molecule has 9 heteroatoms. The number of benzene rings is 2. The van der Waals surface area contributed by atoms with Crippen LogP contribution in [0.3, 0.4) is 0 Å². The Bertz CT molecular complexity index is 1200. The minimum atomic E-state index is -1.07. The first-order valence-corrected chi connectivity index (χ1v) is 9.39. The van der Waals surface area contributed by atoms with E-state index in [1.807, 2.05) is 6.07 Å². The van der Waals surface area contributed by atoms with Gasteiger partial charge in [0.2, 0.25) is 11.9 Å². The molecule has 0 saturated carbocycles. The molecule has 2 heterocycles. The second-order valence-electron chi connectivity index (χ2n) is 6.66. The Balaban J connectivity index is 1.76. The summed E-state index contributed by atoms with van der Waals surface area (Å²) in [6.07, 6.45) is 0. The first-order chi connectivity index (χ1) is 14.5. The standard InChI is InChI=1S/C21H16ClN5O3/c1-30-14-8-6-13(7-9-14)24-21-26-18-17(20(29)27-21)16(15(10-23)19(28)25-18)11-2-4-12(22)5-3-11/h2-9,15-16H,1H3,(H3,24,25,26,27,28,29)/t15-,16+/m1/s1. The molecule has 0 saturated heterocycles. The predicted octanol–water partition coefficient (Wildman–Crippen LogP) is 3.40. The van der Waals surface area contributed by atoms with Crippen LogP contribution in [0.25, 0.3) is 0 Å². The minimum Gasteiger partial charge on any atom is -0.497 e. The number of nitrogens with one attached hydrogen (secondary N) is 3. The maximum atomic E-state index is 13.0. The predicted molar refractivity (Wildman–Crippen MR) is 112 cm³/mol. The number of anilines is 3. The van der Waals surface area contributed by atoms with Crippen LogP contribution >= 0.6 is 11.6 Å². The van der Waals surface area contributed by atoms with Gasteiger partial charge in [-0.1, -0.05) is 23.7 Å². The highest BCUT2D eigenvalue weighted by Gasteiger charge is 2.40. The van der Waals surface area contributed by atoms with E-state index in [0.717, 1.165) is 0 Å². The largest absolute Gasteiger partial charge is 0.497 e. The van der Waals surface area contributed by atoms with Gasteiger partial charge in [-0.25, -0.2) is 0 Å². The Morgan fingerprint density at radius 1 is 1.13 bits per heavy atom. The number of hydrogen-bond acceptors (Lipinski definition) is 6. The van der Waals surface area contributed by atoms with Crippen molar-refractivity contribution in [3.63, 3.8) is 0 Å². The number of aromatic nitrogens is 2. The topological polar surface area (TPSA) is 120 Å². The van der Waals surface area contributed by atoms with Crippen LogP contribution in [0.2, 0.25) is 5.02 Å². The molecular weight excluding hydrogens is 406 g/mol. The summed E-state index contributed by atoms with van der Waals surface area (Å²) in [5.41, 5.74) is 1.08. The summed E-state index contributed by atoms with van der Waals surface area (Å²) < 4.78 is 5.12. The molecule has 1 aliphatic heterocycles. The van der Waals surface area contributed by atoms with Crippen molar-refractivity contribution < 1.29 is 9.53 Å². The lowest BCUT2D eigenvalue weighted by atomic mass is 9.79. The first kappa shape index (κ1) is 19.5. The smallest absolute Gasteiger partial charge is 0.258 e. The van der Waals surface area contributed by atoms with Crippen molar-refractivity contribution in [1.82, 2.24) is 9.97 Å². The number of amides is 1. The zero-order valence-electron chi connectivity index (χ0n) is 15.8. The maximum absolute atomic E-state index is 13.0. The van der Waals surface area contributed by atoms with Gasteiger partial charge in [0.15, 0.2) is 0 Å². The first-order valence-electron chi connectivity index (χ1n) is 9.01. The molecule has 0 fully saturated rings. The van der Waals surface area contributed by atoms with E-state index < -0.39 is 23.3 Å². The van der Waals surface area contributed by atoms with Gasteiger partial charge in [0.05, 0.1) is 18.7 Å². The number of nitrogens with zero attached hydrogens (tertiary/aromatic N) is 2. The summed E-state index contributed by atoms with van der Waals surface area (Å²) in [5.74, 6) is -1.38. The molecule has 0 unspecified atom stereocenters. The molecule has 30 heavy (non-hydrogen) atoms. The monoisotopic (exact) mass is 421 g/mol. The van der Waals surface area contributed by atoms with Gasteiger partial charge in [-0.3, -0.25) is 14.6 Å². The molecule has 150 valence electrons. The fourth-order valence-electron chi connectivity index (χ4n) is 3.41. The molecule has 0 bridgehead atoms. The third-order valence-electron chi connectivity index (χ3n) is 4.84. The number of aromatic amines is 1. The lowest BCUT2D eigenvalue weighted by Crippen LogP contribution is -2.38. The summed E-state index contributed by atoms with van der Waals surface area (Å²) >= 11 is 5.96. The van der Waals surface area contributed by atoms with E-state index in [-0.39, 0.29) is 17.3 Å². The molecular formula is C21H16ClN5O3. The van der Waals surface area contributed by atoms with Crippen LogP contribution in [0, 0.1) is 17.2 Å². The Hall–Kier alpha value is -3.83. The number of fused-ring (bicyclic) bond motifs is 1. The van der Waals surface area contributed by atoms with E-state index in [1.54, 1.807) is 55.6 Å². The molecule has 8 nitrogen and oxygen atoms in total. The molecule has 1 aliphatic rings. The average Bonchev–Trinajstić information content (AvgIpc) is 2.74. The van der Waals surface area contributed by atoms with Crippen LogP contribution < -0.4 is 20.9 Å². The van der Waals surface area contributed by atoms with Crippen LogP contribution in [0.5, 0.6) is 5.75 Å². The maximum Gasteiger partial charge on any atom is 0.258 e. The molecule has 0 aliphatic carbocycles. The van der Waals surface area contributed by atoms with Crippen LogP contribution in [-0.2, 0) is 4.79 Å². The molecule has 0 radical (unpaired) electrons. The van der Waals surface area contributed by atoms with Crippen LogP contribution in [-0.4, -0.2) is 23.0 Å². The summed E-state index contributed by atoms with van der Waals surface area (Å²) in [6, 6.07) is 15.7. The van der Waals surface area contributed by atoms with Crippen LogP contribution in [0.4, 0.5) is 17.5 Å². The van der Waals surface area contributed by atoms with Crippen LogP contribution in [0.15, 0.2) is 53.3 Å². The Kier molecular flexibility index (Phi) is 5.12. The third kappa shape index (κ3) is 3.58. The van der Waals surface area contributed by atoms with E-state index in [1.165, 1.54) is 0 Å². The van der Waals surface area contributed by atoms with Crippen molar-refractivity contribution in [1.29, 1.82) is 5.26 Å². The van der Waals surface area contributed by atoms with Gasteiger partial charge in [-0.05, 0) is 42.0 Å². The number of H-pyrrole nitrogens is 1. The molecule has 0 spiro atoms. The SMILES string of the molecule is COc1ccc(Nc2nc3c(c(=O)[nH]2)[C@@H](c2ccc(Cl)cc2)[C@@H](C#N)C(=O)N3)cc1. The number of rotatable bonds is 4. The summed E-state index contributed by atoms with van der Waals surface area (Å²) in [5, 5.41) is 15.6. The third-order valence-corrected chi connectivity index (χ3v) is 5.10. The number of methoxy groups -OCH3 is 1. The normalized spacial score (nSPS) is 17.4. The van der Waals surface area contributed by atoms with E-state index in [2.05, 4.69) is 20.6 Å². The molecule has 3 aromatic rings. The number of carbonyl (C=O) groups excluding carboxylic acids is 1. The average molecular weight is 422 g/mol. The van der Waals surface area contributed by atoms with E-state index in [9.17, 15) is 14.9 Å². The number of hydrogen-bond donors (Lipinski definition) is 3. The van der Waals surface area contributed by atoms with Gasteiger partial charge in [-0.15, -0.1) is 0 Å². The Labute approximate surface area is 176 Å². The van der Waals surface area contributed by atoms with Crippen molar-refractivity contribution in [2.75, 3.05) is 17.7 Å². The second kappa shape index (κ2) is 7.89. The van der Waals surface area contributed by atoms with E-state index in [4.69, 9.17) is 16.3 Å². The number of halogens is 1. The Morgan fingerprint density at radius 2 is 1.83 bits per heavy atom. The van der Waals surface area contributed by atoms with Gasteiger partial charge in [0, 0.05) is 16.6 Å². The summed E-state index contributed by atoms with van der Waals surface area (Å²) in [7, 11) is 1.57. The zero-order chi connectivity index (χ0) is 21.3. The van der Waals surface area contributed by atoms with E-state index in [0.29, 0.717) is 22.0 Å². The van der Waals surface area contributed by atoms with Gasteiger partial charge in [0.25, 0.3) is 5.56 Å². The lowest BCUT2D eigenvalue weighted by Gasteiger charge is -2.28. The molecule has 2 aromatic carbocycles. The fourth-order valence-corrected chi connectivity index (χ4v) is 3.54. The van der Waals surface area contributed by atoms with Gasteiger partial charge in [-0.2, -0.15) is 10.2 Å². The molecule has 4 rings (SSSR count).